The second-order valence-corrected chi connectivity index (χ2v) is 7.86. The summed E-state index contributed by atoms with van der Waals surface area (Å²) in [4.78, 5) is 18.9. The lowest BCUT2D eigenvalue weighted by atomic mass is 9.83. The fourth-order valence-corrected chi connectivity index (χ4v) is 2.98. The van der Waals surface area contributed by atoms with Crippen LogP contribution >= 0.6 is 0 Å². The summed E-state index contributed by atoms with van der Waals surface area (Å²) >= 11 is 0. The van der Waals surface area contributed by atoms with Crippen LogP contribution in [-0.4, -0.2) is 36.3 Å². The molecule has 24 heavy (non-hydrogen) atoms. The third-order valence-corrected chi connectivity index (χ3v) is 4.18. The molecule has 3 rings (SSSR count). The van der Waals surface area contributed by atoms with Gasteiger partial charge in [0, 0.05) is 35.8 Å². The van der Waals surface area contributed by atoms with E-state index in [4.69, 9.17) is 4.74 Å². The van der Waals surface area contributed by atoms with Crippen LogP contribution in [0.15, 0.2) is 30.5 Å². The molecule has 0 saturated carbocycles. The zero-order valence-electron chi connectivity index (χ0n) is 14.6. The van der Waals surface area contributed by atoms with Crippen molar-refractivity contribution in [1.82, 2.24) is 4.98 Å². The van der Waals surface area contributed by atoms with Crippen molar-refractivity contribution < 1.29 is 13.9 Å². The lowest BCUT2D eigenvalue weighted by molar-refractivity contribution is 0.00718. The predicted molar refractivity (Wildman–Crippen MR) is 93.2 cm³/mol. The molecule has 1 aliphatic heterocycles. The molecule has 1 aliphatic rings. The summed E-state index contributed by atoms with van der Waals surface area (Å²) < 4.78 is 18.5. The molecule has 0 atom stereocenters. The van der Waals surface area contributed by atoms with Crippen LogP contribution in [0.5, 0.6) is 0 Å². The molecule has 0 amide bonds. The van der Waals surface area contributed by atoms with E-state index in [-0.39, 0.29) is 18.1 Å². The molecule has 1 aromatic heterocycles. The van der Waals surface area contributed by atoms with E-state index in [0.717, 1.165) is 16.6 Å². The van der Waals surface area contributed by atoms with Crippen molar-refractivity contribution in [3.8, 4) is 0 Å². The van der Waals surface area contributed by atoms with Crippen LogP contribution in [0.2, 0.25) is 0 Å². The van der Waals surface area contributed by atoms with Crippen LogP contribution in [0.3, 0.4) is 0 Å². The van der Waals surface area contributed by atoms with Gasteiger partial charge in [0.15, 0.2) is 0 Å². The molecule has 4 nitrogen and oxygen atoms in total. The summed E-state index contributed by atoms with van der Waals surface area (Å²) in [7, 11) is 0. The molecular weight excluding hydrogens is 307 g/mol. The molecule has 2 heterocycles. The van der Waals surface area contributed by atoms with E-state index in [1.807, 2.05) is 45.9 Å². The van der Waals surface area contributed by atoms with Crippen LogP contribution in [-0.2, 0) is 4.74 Å². The summed E-state index contributed by atoms with van der Waals surface area (Å²) in [5.74, 6) is -0.357. The van der Waals surface area contributed by atoms with E-state index >= 15 is 0 Å². The van der Waals surface area contributed by atoms with Crippen LogP contribution in [0, 0.1) is 5.41 Å². The molecule has 1 aromatic carbocycles. The SMILES string of the molecule is CC1(CF)CN(c2ccc3nccc(C(=O)OC(C)(C)C)c3c2)C1. The van der Waals surface area contributed by atoms with Crippen molar-refractivity contribution >= 4 is 22.6 Å². The Morgan fingerprint density at radius 1 is 1.33 bits per heavy atom. The normalized spacial score (nSPS) is 16.8. The third-order valence-electron chi connectivity index (χ3n) is 4.18. The first-order valence-corrected chi connectivity index (χ1v) is 8.14. The monoisotopic (exact) mass is 330 g/mol. The molecular formula is C19H23FN2O2. The maximum absolute atomic E-state index is 13.0. The Morgan fingerprint density at radius 2 is 2.04 bits per heavy atom. The minimum atomic E-state index is -0.551. The number of carbonyl (C=O) groups excluding carboxylic acids is 1. The number of pyridine rings is 1. The first kappa shape index (κ1) is 16.7. The van der Waals surface area contributed by atoms with Crippen molar-refractivity contribution in [2.24, 2.45) is 5.41 Å². The number of hydrogen-bond acceptors (Lipinski definition) is 4. The molecule has 0 aliphatic carbocycles. The number of aromatic nitrogens is 1. The van der Waals surface area contributed by atoms with E-state index in [9.17, 15) is 9.18 Å². The average Bonchev–Trinajstić information content (AvgIpc) is 2.49. The van der Waals surface area contributed by atoms with E-state index < -0.39 is 5.60 Å². The number of rotatable bonds is 3. The summed E-state index contributed by atoms with van der Waals surface area (Å²) in [6.07, 6.45) is 1.62. The molecule has 2 aromatic rings. The smallest absolute Gasteiger partial charge is 0.339 e. The highest BCUT2D eigenvalue weighted by Gasteiger charge is 2.39. The van der Waals surface area contributed by atoms with Gasteiger partial charge in [0.05, 0.1) is 17.8 Å². The van der Waals surface area contributed by atoms with Gasteiger partial charge in [-0.15, -0.1) is 0 Å². The summed E-state index contributed by atoms with van der Waals surface area (Å²) in [5.41, 5.74) is 1.41. The molecule has 1 fully saturated rings. The number of halogens is 1. The van der Waals surface area contributed by atoms with Crippen molar-refractivity contribution in [2.75, 3.05) is 24.7 Å². The predicted octanol–water partition coefficient (Wildman–Crippen LogP) is 3.99. The summed E-state index contributed by atoms with van der Waals surface area (Å²) in [6, 6.07) is 7.48. The topological polar surface area (TPSA) is 42.4 Å². The van der Waals surface area contributed by atoms with Crippen LogP contribution in [0.1, 0.15) is 38.1 Å². The van der Waals surface area contributed by atoms with E-state index in [0.29, 0.717) is 18.7 Å². The molecule has 0 bridgehead atoms. The van der Waals surface area contributed by atoms with Crippen LogP contribution in [0.25, 0.3) is 10.9 Å². The standard InChI is InChI=1S/C19H23FN2O2/c1-18(2,3)24-17(23)14-7-8-21-16-6-5-13(9-15(14)16)22-11-19(4,10-20)12-22/h5-9H,10-12H2,1-4H3. The molecule has 5 heteroatoms. The van der Waals surface area contributed by atoms with Gasteiger partial charge in [-0.3, -0.25) is 9.37 Å². The molecule has 1 saturated heterocycles. The first-order valence-electron chi connectivity index (χ1n) is 8.14. The van der Waals surface area contributed by atoms with Gasteiger partial charge in [-0.2, -0.15) is 0 Å². The van der Waals surface area contributed by atoms with E-state index in [2.05, 4.69) is 9.88 Å². The van der Waals surface area contributed by atoms with Gasteiger partial charge in [0.2, 0.25) is 0 Å². The van der Waals surface area contributed by atoms with Gasteiger partial charge in [-0.25, -0.2) is 4.79 Å². The fraction of sp³-hybridized carbons (Fsp3) is 0.474. The highest BCUT2D eigenvalue weighted by atomic mass is 19.1. The fourth-order valence-electron chi connectivity index (χ4n) is 2.98. The van der Waals surface area contributed by atoms with Gasteiger partial charge in [-0.05, 0) is 45.0 Å². The van der Waals surface area contributed by atoms with Crippen molar-refractivity contribution in [1.29, 1.82) is 0 Å². The van der Waals surface area contributed by atoms with Gasteiger partial charge >= 0.3 is 5.97 Å². The number of alkyl halides is 1. The van der Waals surface area contributed by atoms with E-state index in [1.54, 1.807) is 12.3 Å². The second-order valence-electron chi connectivity index (χ2n) is 7.86. The zero-order chi connectivity index (χ0) is 17.5. The second kappa shape index (κ2) is 5.72. The Morgan fingerprint density at radius 3 is 2.67 bits per heavy atom. The Kier molecular flexibility index (Phi) is 3.98. The number of hydrogen-bond donors (Lipinski definition) is 0. The van der Waals surface area contributed by atoms with Crippen molar-refractivity contribution in [2.45, 2.75) is 33.3 Å². The highest BCUT2D eigenvalue weighted by molar-refractivity contribution is 6.04. The van der Waals surface area contributed by atoms with Gasteiger partial charge in [-0.1, -0.05) is 6.92 Å². The maximum Gasteiger partial charge on any atom is 0.339 e. The van der Waals surface area contributed by atoms with Gasteiger partial charge in [0.1, 0.15) is 5.60 Å². The largest absolute Gasteiger partial charge is 0.456 e. The lowest BCUT2D eigenvalue weighted by Crippen LogP contribution is -2.56. The number of fused-ring (bicyclic) bond motifs is 1. The van der Waals surface area contributed by atoms with Crippen LogP contribution < -0.4 is 4.90 Å². The van der Waals surface area contributed by atoms with Gasteiger partial charge in [0.25, 0.3) is 0 Å². The Hall–Kier alpha value is -2.17. The maximum atomic E-state index is 13.0. The average molecular weight is 330 g/mol. The lowest BCUT2D eigenvalue weighted by Gasteiger charge is -2.48. The molecule has 0 spiro atoms. The first-order chi connectivity index (χ1) is 11.2. The van der Waals surface area contributed by atoms with E-state index in [1.165, 1.54) is 0 Å². The number of ether oxygens (including phenoxy) is 1. The third kappa shape index (κ3) is 3.21. The minimum Gasteiger partial charge on any atom is -0.456 e. The Labute approximate surface area is 141 Å². The molecule has 0 N–H and O–H groups in total. The number of nitrogens with zero attached hydrogens (tertiary/aromatic N) is 2. The summed E-state index contributed by atoms with van der Waals surface area (Å²) in [5, 5.41) is 0.762. The Balaban J connectivity index is 1.94. The van der Waals surface area contributed by atoms with Crippen molar-refractivity contribution in [3.05, 3.63) is 36.0 Å². The molecule has 0 radical (unpaired) electrons. The molecule has 0 unspecified atom stereocenters. The Bertz CT molecular complexity index is 777. The minimum absolute atomic E-state index is 0.266. The van der Waals surface area contributed by atoms with Gasteiger partial charge < -0.3 is 9.64 Å². The summed E-state index contributed by atoms with van der Waals surface area (Å²) in [6.45, 7) is 8.51. The zero-order valence-corrected chi connectivity index (χ0v) is 14.6. The quantitative estimate of drug-likeness (QED) is 0.798. The highest BCUT2D eigenvalue weighted by Crippen LogP contribution is 2.36. The number of anilines is 1. The number of carbonyl (C=O) groups is 1. The molecule has 128 valence electrons. The number of esters is 1. The van der Waals surface area contributed by atoms with Crippen LogP contribution in [0.4, 0.5) is 10.1 Å². The number of benzene rings is 1. The van der Waals surface area contributed by atoms with Crippen molar-refractivity contribution in [3.63, 3.8) is 0 Å².